The average molecular weight is 431 g/mol. The number of amides is 1. The molecule has 1 heterocycles. The Balaban J connectivity index is 2.00. The van der Waals surface area contributed by atoms with E-state index in [2.05, 4.69) is 5.32 Å². The molecule has 1 amide bonds. The number of carbonyl (C=O) groups excluding carboxylic acids is 2. The Hall–Kier alpha value is -3.23. The molecule has 0 saturated heterocycles. The minimum absolute atomic E-state index is 0.0584. The molecular formula is C20H15ClN2O5S. The second kappa shape index (κ2) is 8.42. The maximum absolute atomic E-state index is 12.7. The smallest absolute Gasteiger partial charge is 0.341 e. The number of non-ortho nitro benzene ring substituents is 1. The van der Waals surface area contributed by atoms with Crippen molar-refractivity contribution >= 4 is 45.5 Å². The van der Waals surface area contributed by atoms with Crippen molar-refractivity contribution in [1.29, 1.82) is 0 Å². The molecule has 0 radical (unpaired) electrons. The number of aryl methyl sites for hydroxylation is 1. The van der Waals surface area contributed by atoms with E-state index in [0.29, 0.717) is 5.56 Å². The molecule has 0 aliphatic carbocycles. The first-order valence-electron chi connectivity index (χ1n) is 8.34. The van der Waals surface area contributed by atoms with Crippen LogP contribution in [0, 0.1) is 17.0 Å². The van der Waals surface area contributed by atoms with E-state index < -0.39 is 16.8 Å². The molecule has 3 rings (SSSR count). The van der Waals surface area contributed by atoms with Gasteiger partial charge in [0.25, 0.3) is 11.6 Å². The Morgan fingerprint density at radius 1 is 1.17 bits per heavy atom. The third-order valence-corrected chi connectivity index (χ3v) is 5.40. The zero-order valence-electron chi connectivity index (χ0n) is 15.4. The van der Waals surface area contributed by atoms with Crippen molar-refractivity contribution in [3.8, 4) is 11.1 Å². The maximum atomic E-state index is 12.7. The number of rotatable bonds is 5. The fourth-order valence-corrected chi connectivity index (χ4v) is 3.83. The van der Waals surface area contributed by atoms with E-state index in [4.69, 9.17) is 16.3 Å². The topological polar surface area (TPSA) is 98.5 Å². The van der Waals surface area contributed by atoms with Gasteiger partial charge >= 0.3 is 5.97 Å². The summed E-state index contributed by atoms with van der Waals surface area (Å²) in [5, 5.41) is 15.7. The molecular weight excluding hydrogens is 416 g/mol. The molecule has 0 aliphatic rings. The summed E-state index contributed by atoms with van der Waals surface area (Å²) in [6, 6.07) is 11.1. The number of hydrogen-bond donors (Lipinski definition) is 1. The van der Waals surface area contributed by atoms with Crippen LogP contribution in [0.2, 0.25) is 5.02 Å². The van der Waals surface area contributed by atoms with Crippen LogP contribution in [-0.4, -0.2) is 23.9 Å². The highest BCUT2D eigenvalue weighted by molar-refractivity contribution is 7.15. The van der Waals surface area contributed by atoms with E-state index in [1.54, 1.807) is 5.38 Å². The van der Waals surface area contributed by atoms with Gasteiger partial charge in [0, 0.05) is 23.1 Å². The van der Waals surface area contributed by atoms with Crippen molar-refractivity contribution in [1.82, 2.24) is 0 Å². The van der Waals surface area contributed by atoms with Crippen LogP contribution in [0.4, 0.5) is 10.7 Å². The summed E-state index contributed by atoms with van der Waals surface area (Å²) in [5.74, 6) is -1.27. The van der Waals surface area contributed by atoms with E-state index in [9.17, 15) is 19.7 Å². The van der Waals surface area contributed by atoms with Gasteiger partial charge in [0.1, 0.15) is 10.6 Å². The molecule has 29 heavy (non-hydrogen) atoms. The number of hydrogen-bond acceptors (Lipinski definition) is 6. The maximum Gasteiger partial charge on any atom is 0.341 e. The lowest BCUT2D eigenvalue weighted by molar-refractivity contribution is -0.384. The number of nitro benzene ring substituents is 1. The number of halogens is 1. The molecule has 0 spiro atoms. The van der Waals surface area contributed by atoms with E-state index in [1.165, 1.54) is 19.2 Å². The fourth-order valence-electron chi connectivity index (χ4n) is 2.67. The number of nitrogens with one attached hydrogen (secondary N) is 1. The Morgan fingerprint density at radius 3 is 2.48 bits per heavy atom. The van der Waals surface area contributed by atoms with E-state index in [1.807, 2.05) is 31.2 Å². The third-order valence-electron chi connectivity index (χ3n) is 4.18. The number of nitrogens with zero attached hydrogens (tertiary/aromatic N) is 1. The summed E-state index contributed by atoms with van der Waals surface area (Å²) in [4.78, 5) is 35.5. The highest BCUT2D eigenvalue weighted by Gasteiger charge is 2.24. The van der Waals surface area contributed by atoms with E-state index in [-0.39, 0.29) is 26.8 Å². The first kappa shape index (κ1) is 20.5. The van der Waals surface area contributed by atoms with E-state index >= 15 is 0 Å². The molecule has 0 aliphatic heterocycles. The number of benzene rings is 2. The minimum atomic E-state index is -0.666. The fraction of sp³-hybridized carbons (Fsp3) is 0.100. The SMILES string of the molecule is COC(=O)c1c(-c2ccc(C)cc2)csc1NC(=O)c1cc([N+](=O)[O-])ccc1Cl. The van der Waals surface area contributed by atoms with Gasteiger partial charge in [0.15, 0.2) is 0 Å². The molecule has 7 nitrogen and oxygen atoms in total. The molecule has 0 atom stereocenters. The largest absolute Gasteiger partial charge is 0.465 e. The van der Waals surface area contributed by atoms with Crippen molar-refractivity contribution in [3.63, 3.8) is 0 Å². The van der Waals surface area contributed by atoms with Crippen LogP contribution in [0.1, 0.15) is 26.3 Å². The normalized spacial score (nSPS) is 10.4. The number of ether oxygens (including phenoxy) is 1. The van der Waals surface area contributed by atoms with Gasteiger partial charge in [0.05, 0.1) is 22.6 Å². The molecule has 1 N–H and O–H groups in total. The number of nitro groups is 1. The first-order valence-corrected chi connectivity index (χ1v) is 9.59. The first-order chi connectivity index (χ1) is 13.8. The van der Waals surface area contributed by atoms with Crippen molar-refractivity contribution in [2.24, 2.45) is 0 Å². The molecule has 148 valence electrons. The van der Waals surface area contributed by atoms with Gasteiger partial charge in [-0.15, -0.1) is 11.3 Å². The number of esters is 1. The molecule has 0 unspecified atom stereocenters. The number of thiophene rings is 1. The highest BCUT2D eigenvalue weighted by atomic mass is 35.5. The Morgan fingerprint density at radius 2 is 1.86 bits per heavy atom. The van der Waals surface area contributed by atoms with Crippen molar-refractivity contribution in [2.75, 3.05) is 12.4 Å². The van der Waals surface area contributed by atoms with Crippen LogP contribution in [0.5, 0.6) is 0 Å². The summed E-state index contributed by atoms with van der Waals surface area (Å²) in [6.07, 6.45) is 0. The predicted octanol–water partition coefficient (Wildman–Crippen LogP) is 5.32. The monoisotopic (exact) mass is 430 g/mol. The lowest BCUT2D eigenvalue weighted by atomic mass is 10.0. The van der Waals surface area contributed by atoms with Crippen LogP contribution >= 0.6 is 22.9 Å². The lowest BCUT2D eigenvalue weighted by Gasteiger charge is -2.09. The van der Waals surface area contributed by atoms with Gasteiger partial charge in [-0.2, -0.15) is 0 Å². The molecule has 2 aromatic carbocycles. The van der Waals surface area contributed by atoms with Crippen LogP contribution in [0.15, 0.2) is 47.8 Å². The number of methoxy groups -OCH3 is 1. The van der Waals surface area contributed by atoms with Crippen LogP contribution in [0.25, 0.3) is 11.1 Å². The zero-order valence-corrected chi connectivity index (χ0v) is 17.0. The van der Waals surface area contributed by atoms with Crippen molar-refractivity contribution in [3.05, 3.63) is 79.7 Å². The van der Waals surface area contributed by atoms with Gasteiger partial charge in [-0.05, 0) is 18.6 Å². The van der Waals surface area contributed by atoms with E-state index in [0.717, 1.165) is 28.5 Å². The van der Waals surface area contributed by atoms with Gasteiger partial charge < -0.3 is 10.1 Å². The Labute approximate surface area is 175 Å². The van der Waals surface area contributed by atoms with Gasteiger partial charge in [-0.1, -0.05) is 41.4 Å². The second-order valence-corrected chi connectivity index (χ2v) is 7.37. The van der Waals surface area contributed by atoms with Crippen LogP contribution < -0.4 is 5.32 Å². The third kappa shape index (κ3) is 4.28. The van der Waals surface area contributed by atoms with Gasteiger partial charge in [0.2, 0.25) is 0 Å². The summed E-state index contributed by atoms with van der Waals surface area (Å²) < 4.78 is 4.88. The summed E-state index contributed by atoms with van der Waals surface area (Å²) in [7, 11) is 1.25. The molecule has 3 aromatic rings. The zero-order chi connectivity index (χ0) is 21.1. The van der Waals surface area contributed by atoms with Crippen LogP contribution in [0.3, 0.4) is 0 Å². The predicted molar refractivity (Wildman–Crippen MR) is 112 cm³/mol. The molecule has 0 fully saturated rings. The van der Waals surface area contributed by atoms with Crippen molar-refractivity contribution < 1.29 is 19.2 Å². The van der Waals surface area contributed by atoms with Crippen molar-refractivity contribution in [2.45, 2.75) is 6.92 Å². The molecule has 0 saturated carbocycles. The summed E-state index contributed by atoms with van der Waals surface area (Å²) in [5.41, 5.74) is 2.35. The standard InChI is InChI=1S/C20H15ClN2O5S/c1-11-3-5-12(6-4-11)15-10-29-19(17(15)20(25)28-2)22-18(24)14-9-13(23(26)27)7-8-16(14)21/h3-10H,1-2H3,(H,22,24). The highest BCUT2D eigenvalue weighted by Crippen LogP contribution is 2.37. The quantitative estimate of drug-likeness (QED) is 0.335. The molecule has 9 heteroatoms. The molecule has 1 aromatic heterocycles. The Bertz CT molecular complexity index is 1110. The van der Waals surface area contributed by atoms with Crippen LogP contribution in [-0.2, 0) is 4.74 Å². The average Bonchev–Trinajstić information content (AvgIpc) is 3.11. The molecule has 0 bridgehead atoms. The second-order valence-electron chi connectivity index (χ2n) is 6.09. The minimum Gasteiger partial charge on any atom is -0.465 e. The number of anilines is 1. The van der Waals surface area contributed by atoms with Gasteiger partial charge in [-0.3, -0.25) is 14.9 Å². The number of carbonyl (C=O) groups is 2. The summed E-state index contributed by atoms with van der Waals surface area (Å²) >= 11 is 7.18. The summed E-state index contributed by atoms with van der Waals surface area (Å²) in [6.45, 7) is 1.95. The lowest BCUT2D eigenvalue weighted by Crippen LogP contribution is -2.15. The van der Waals surface area contributed by atoms with Gasteiger partial charge in [-0.25, -0.2) is 4.79 Å². The Kier molecular flexibility index (Phi) is 5.95.